The molecule has 1 aromatic carbocycles. The van der Waals surface area contributed by atoms with Crippen LogP contribution in [-0.2, 0) is 14.6 Å². The highest BCUT2D eigenvalue weighted by atomic mass is 32.2. The van der Waals surface area contributed by atoms with E-state index in [1.165, 1.54) is 16.0 Å². The van der Waals surface area contributed by atoms with Gasteiger partial charge >= 0.3 is 0 Å². The Hall–Kier alpha value is -1.66. The van der Waals surface area contributed by atoms with Crippen LogP contribution in [0.2, 0.25) is 0 Å². The van der Waals surface area contributed by atoms with Crippen molar-refractivity contribution in [3.63, 3.8) is 0 Å². The fraction of sp³-hybridized carbons (Fsp3) is 0.526. The molecule has 3 rings (SSSR count). The smallest absolute Gasteiger partial charge is 0.278 e. The third-order valence-electron chi connectivity index (χ3n) is 5.24. The molecule has 0 aromatic heterocycles. The van der Waals surface area contributed by atoms with Gasteiger partial charge in [-0.2, -0.15) is 0 Å². The highest BCUT2D eigenvalue weighted by Crippen LogP contribution is 2.19. The second-order valence-corrected chi connectivity index (χ2v) is 9.19. The minimum atomic E-state index is -2.97. The Bertz CT molecular complexity index is 743. The first-order valence-electron chi connectivity index (χ1n) is 9.06. The number of benzene rings is 1. The van der Waals surface area contributed by atoms with Crippen LogP contribution in [0.1, 0.15) is 25.3 Å². The number of nitrogens with one attached hydrogen (secondary N) is 1. The molecule has 6 heteroatoms. The van der Waals surface area contributed by atoms with Crippen molar-refractivity contribution in [2.45, 2.75) is 25.8 Å². The van der Waals surface area contributed by atoms with Gasteiger partial charge in [0, 0.05) is 19.0 Å². The van der Waals surface area contributed by atoms with Crippen LogP contribution < -0.4 is 4.90 Å². The standard InChI is InChI=1S/C19H26N2O3S/c1-2-21(18-10-13-25(23,24)15-18)19(22)14-20-11-8-17(9-12-20)16-6-4-3-5-7-16/h3-8,18H,2,9-15H2,1H3/p+1/t18-/m0/s1. The Labute approximate surface area is 150 Å². The molecule has 25 heavy (non-hydrogen) atoms. The molecule has 0 aliphatic carbocycles. The highest BCUT2D eigenvalue weighted by molar-refractivity contribution is 7.91. The summed E-state index contributed by atoms with van der Waals surface area (Å²) in [6.07, 6.45) is 3.78. The maximum absolute atomic E-state index is 12.7. The maximum Gasteiger partial charge on any atom is 0.278 e. The lowest BCUT2D eigenvalue weighted by atomic mass is 9.99. The van der Waals surface area contributed by atoms with Crippen molar-refractivity contribution in [2.24, 2.45) is 0 Å². The van der Waals surface area contributed by atoms with E-state index < -0.39 is 9.84 Å². The molecule has 0 bridgehead atoms. The number of carbonyl (C=O) groups excluding carboxylic acids is 1. The molecule has 1 saturated heterocycles. The molecule has 0 spiro atoms. The van der Waals surface area contributed by atoms with Gasteiger partial charge in [-0.3, -0.25) is 4.79 Å². The zero-order valence-electron chi connectivity index (χ0n) is 14.8. The summed E-state index contributed by atoms with van der Waals surface area (Å²) in [5.41, 5.74) is 2.62. The molecule has 1 amide bonds. The molecule has 1 aromatic rings. The number of nitrogens with zero attached hydrogens (tertiary/aromatic N) is 1. The van der Waals surface area contributed by atoms with E-state index in [0.717, 1.165) is 19.5 Å². The third kappa shape index (κ3) is 4.50. The lowest BCUT2D eigenvalue weighted by Gasteiger charge is -2.30. The minimum Gasteiger partial charge on any atom is -0.334 e. The van der Waals surface area contributed by atoms with Gasteiger partial charge in [0.15, 0.2) is 16.4 Å². The van der Waals surface area contributed by atoms with E-state index in [-0.39, 0.29) is 23.5 Å². The molecule has 2 aliphatic heterocycles. The summed E-state index contributed by atoms with van der Waals surface area (Å²) in [6.45, 7) is 4.74. The summed E-state index contributed by atoms with van der Waals surface area (Å²) in [7, 11) is -2.97. The van der Waals surface area contributed by atoms with Crippen LogP contribution in [0.25, 0.3) is 5.57 Å². The quantitative estimate of drug-likeness (QED) is 0.824. The topological polar surface area (TPSA) is 58.9 Å². The molecule has 1 fully saturated rings. The monoisotopic (exact) mass is 363 g/mol. The zero-order chi connectivity index (χ0) is 17.9. The molecule has 2 heterocycles. The molecule has 0 saturated carbocycles. The van der Waals surface area contributed by atoms with Gasteiger partial charge in [0.2, 0.25) is 0 Å². The number of rotatable bonds is 5. The number of sulfone groups is 1. The predicted molar refractivity (Wildman–Crippen MR) is 99.0 cm³/mol. The van der Waals surface area contributed by atoms with Crippen LogP contribution in [0.3, 0.4) is 0 Å². The van der Waals surface area contributed by atoms with Gasteiger partial charge in [-0.25, -0.2) is 8.42 Å². The molecule has 0 radical (unpaired) electrons. The van der Waals surface area contributed by atoms with Gasteiger partial charge < -0.3 is 9.80 Å². The molecule has 136 valence electrons. The third-order valence-corrected chi connectivity index (χ3v) is 6.99. The summed E-state index contributed by atoms with van der Waals surface area (Å²) in [6, 6.07) is 10.2. The van der Waals surface area contributed by atoms with E-state index in [0.29, 0.717) is 19.5 Å². The summed E-state index contributed by atoms with van der Waals surface area (Å²) in [5.74, 6) is 0.414. The fourth-order valence-electron chi connectivity index (χ4n) is 3.83. The molecular formula is C19H27N2O3S+. The molecule has 2 aliphatic rings. The first-order chi connectivity index (χ1) is 12.0. The van der Waals surface area contributed by atoms with Gasteiger partial charge in [-0.05, 0) is 30.6 Å². The zero-order valence-corrected chi connectivity index (χ0v) is 15.6. The van der Waals surface area contributed by atoms with E-state index in [9.17, 15) is 13.2 Å². The largest absolute Gasteiger partial charge is 0.334 e. The van der Waals surface area contributed by atoms with E-state index in [1.54, 1.807) is 4.90 Å². The summed E-state index contributed by atoms with van der Waals surface area (Å²) in [4.78, 5) is 15.7. The number of carbonyl (C=O) groups is 1. The number of likely N-dealkylation sites (N-methyl/N-ethyl adjacent to an activating group) is 1. The lowest BCUT2D eigenvalue weighted by molar-refractivity contribution is -0.887. The van der Waals surface area contributed by atoms with Crippen LogP contribution >= 0.6 is 0 Å². The van der Waals surface area contributed by atoms with E-state index in [4.69, 9.17) is 0 Å². The Morgan fingerprint density at radius 1 is 1.28 bits per heavy atom. The van der Waals surface area contributed by atoms with Crippen LogP contribution in [0.4, 0.5) is 0 Å². The Morgan fingerprint density at radius 2 is 2.04 bits per heavy atom. The summed E-state index contributed by atoms with van der Waals surface area (Å²) in [5, 5.41) is 0. The second-order valence-electron chi connectivity index (χ2n) is 6.96. The SMILES string of the molecule is CCN(C(=O)C[NH+]1CC=C(c2ccccc2)CC1)[C@H]1CCS(=O)(=O)C1. The Morgan fingerprint density at radius 3 is 2.60 bits per heavy atom. The Kier molecular flexibility index (Phi) is 5.59. The normalized spacial score (nSPS) is 25.4. The summed E-state index contributed by atoms with van der Waals surface area (Å²) >= 11 is 0. The van der Waals surface area contributed by atoms with E-state index >= 15 is 0 Å². The molecular weight excluding hydrogens is 336 g/mol. The van der Waals surface area contributed by atoms with Crippen LogP contribution in [0.15, 0.2) is 36.4 Å². The van der Waals surface area contributed by atoms with Crippen LogP contribution in [0.5, 0.6) is 0 Å². The van der Waals surface area contributed by atoms with Crippen molar-refractivity contribution in [2.75, 3.05) is 37.7 Å². The molecule has 1 N–H and O–H groups in total. The first-order valence-corrected chi connectivity index (χ1v) is 10.9. The van der Waals surface area contributed by atoms with E-state index in [1.807, 2.05) is 25.1 Å². The van der Waals surface area contributed by atoms with Crippen LogP contribution in [-0.4, -0.2) is 63.0 Å². The maximum atomic E-state index is 12.7. The van der Waals surface area contributed by atoms with Gasteiger partial charge in [-0.1, -0.05) is 30.3 Å². The van der Waals surface area contributed by atoms with Crippen molar-refractivity contribution in [1.29, 1.82) is 0 Å². The number of amides is 1. The molecule has 2 atom stereocenters. The van der Waals surface area contributed by atoms with Crippen molar-refractivity contribution in [3.8, 4) is 0 Å². The van der Waals surface area contributed by atoms with Crippen molar-refractivity contribution >= 4 is 21.3 Å². The predicted octanol–water partition coefficient (Wildman–Crippen LogP) is 0.394. The van der Waals surface area contributed by atoms with Gasteiger partial charge in [0.25, 0.3) is 5.91 Å². The second kappa shape index (κ2) is 7.70. The fourth-order valence-corrected chi connectivity index (χ4v) is 5.56. The van der Waals surface area contributed by atoms with Crippen molar-refractivity contribution < 1.29 is 18.1 Å². The molecule has 1 unspecified atom stereocenters. The number of quaternary nitrogens is 1. The average Bonchev–Trinajstić information content (AvgIpc) is 2.96. The number of hydrogen-bond donors (Lipinski definition) is 1. The first kappa shape index (κ1) is 18.1. The molecule has 5 nitrogen and oxygen atoms in total. The minimum absolute atomic E-state index is 0.0798. The van der Waals surface area contributed by atoms with Crippen molar-refractivity contribution in [1.82, 2.24) is 4.90 Å². The van der Waals surface area contributed by atoms with Crippen molar-refractivity contribution in [3.05, 3.63) is 42.0 Å². The average molecular weight is 364 g/mol. The highest BCUT2D eigenvalue weighted by Gasteiger charge is 2.35. The van der Waals surface area contributed by atoms with Gasteiger partial charge in [0.05, 0.1) is 24.6 Å². The van der Waals surface area contributed by atoms with E-state index in [2.05, 4.69) is 18.2 Å². The Balaban J connectivity index is 1.57. The lowest BCUT2D eigenvalue weighted by Crippen LogP contribution is -3.13. The van der Waals surface area contributed by atoms with Crippen LogP contribution in [0, 0.1) is 0 Å². The van der Waals surface area contributed by atoms with Gasteiger partial charge in [0.1, 0.15) is 0 Å². The number of hydrogen-bond acceptors (Lipinski definition) is 3. The summed E-state index contributed by atoms with van der Waals surface area (Å²) < 4.78 is 23.4. The van der Waals surface area contributed by atoms with Gasteiger partial charge in [-0.15, -0.1) is 0 Å².